The van der Waals surface area contributed by atoms with Gasteiger partial charge in [0.1, 0.15) is 0 Å². The lowest BCUT2D eigenvalue weighted by Crippen LogP contribution is -2.59. The number of piperidine rings is 1. The van der Waals surface area contributed by atoms with Gasteiger partial charge in [-0.3, -0.25) is 9.80 Å². The smallest absolute Gasteiger partial charge is 0.0223 e. The summed E-state index contributed by atoms with van der Waals surface area (Å²) in [5, 5.41) is 0. The molecule has 0 radical (unpaired) electrons. The van der Waals surface area contributed by atoms with Gasteiger partial charge in [-0.15, -0.1) is 0 Å². The molecule has 2 N–H and O–H groups in total. The van der Waals surface area contributed by atoms with E-state index in [4.69, 9.17) is 5.73 Å². The van der Waals surface area contributed by atoms with E-state index in [-0.39, 0.29) is 0 Å². The molecule has 2 aliphatic heterocycles. The van der Waals surface area contributed by atoms with Crippen LogP contribution in [-0.2, 0) is 0 Å². The lowest BCUT2D eigenvalue weighted by atomic mass is 9.84. The minimum absolute atomic E-state index is 0.389. The summed E-state index contributed by atoms with van der Waals surface area (Å²) >= 11 is 0. The van der Waals surface area contributed by atoms with Crippen LogP contribution in [0, 0.1) is 11.3 Å². The van der Waals surface area contributed by atoms with E-state index in [0.717, 1.165) is 12.6 Å². The second kappa shape index (κ2) is 6.76. The van der Waals surface area contributed by atoms with E-state index in [1.165, 1.54) is 51.9 Å². The standard InChI is InChI=1S/C17H35N3/c1-14-11-19-8-6-5-7-16(19)13-20(14)12-15(10-18)9-17(2,3)4/h14-16H,5-13,18H2,1-4H3. The summed E-state index contributed by atoms with van der Waals surface area (Å²) in [6.07, 6.45) is 5.46. The molecular formula is C17H35N3. The van der Waals surface area contributed by atoms with Crippen molar-refractivity contribution < 1.29 is 0 Å². The molecule has 118 valence electrons. The Morgan fingerprint density at radius 2 is 1.95 bits per heavy atom. The molecule has 2 fully saturated rings. The molecule has 0 saturated carbocycles. The Hall–Kier alpha value is -0.120. The van der Waals surface area contributed by atoms with Crippen molar-refractivity contribution in [2.24, 2.45) is 17.1 Å². The molecule has 0 amide bonds. The molecule has 0 aromatic carbocycles. The largest absolute Gasteiger partial charge is 0.330 e. The zero-order valence-corrected chi connectivity index (χ0v) is 14.1. The van der Waals surface area contributed by atoms with Gasteiger partial charge in [0, 0.05) is 31.7 Å². The quantitative estimate of drug-likeness (QED) is 0.859. The van der Waals surface area contributed by atoms with Crippen molar-refractivity contribution >= 4 is 0 Å². The van der Waals surface area contributed by atoms with Gasteiger partial charge in [-0.2, -0.15) is 0 Å². The minimum atomic E-state index is 0.389. The summed E-state index contributed by atoms with van der Waals surface area (Å²) < 4.78 is 0. The monoisotopic (exact) mass is 281 g/mol. The highest BCUT2D eigenvalue weighted by molar-refractivity contribution is 4.90. The minimum Gasteiger partial charge on any atom is -0.330 e. The van der Waals surface area contributed by atoms with E-state index >= 15 is 0 Å². The molecule has 3 nitrogen and oxygen atoms in total. The fourth-order valence-electron chi connectivity index (χ4n) is 4.09. The Balaban J connectivity index is 1.90. The zero-order valence-electron chi connectivity index (χ0n) is 14.1. The first-order chi connectivity index (χ1) is 9.39. The SMILES string of the molecule is CC1CN2CCCCC2CN1CC(CN)CC(C)(C)C. The van der Waals surface area contributed by atoms with Gasteiger partial charge in [0.05, 0.1) is 0 Å². The van der Waals surface area contributed by atoms with Crippen molar-refractivity contribution in [1.29, 1.82) is 0 Å². The van der Waals surface area contributed by atoms with Crippen LogP contribution >= 0.6 is 0 Å². The predicted molar refractivity (Wildman–Crippen MR) is 86.9 cm³/mol. The lowest BCUT2D eigenvalue weighted by Gasteiger charge is -2.48. The highest BCUT2D eigenvalue weighted by Crippen LogP contribution is 2.28. The number of nitrogens with two attached hydrogens (primary N) is 1. The summed E-state index contributed by atoms with van der Waals surface area (Å²) in [7, 11) is 0. The van der Waals surface area contributed by atoms with E-state index in [2.05, 4.69) is 37.5 Å². The van der Waals surface area contributed by atoms with Gasteiger partial charge >= 0.3 is 0 Å². The van der Waals surface area contributed by atoms with E-state index in [0.29, 0.717) is 17.4 Å². The summed E-state index contributed by atoms with van der Waals surface area (Å²) in [5.41, 5.74) is 6.43. The van der Waals surface area contributed by atoms with E-state index < -0.39 is 0 Å². The molecule has 0 spiro atoms. The number of hydrogen-bond acceptors (Lipinski definition) is 3. The maximum absolute atomic E-state index is 6.04. The zero-order chi connectivity index (χ0) is 14.8. The highest BCUT2D eigenvalue weighted by atomic mass is 15.3. The Labute approximate surface area is 125 Å². The molecule has 3 unspecified atom stereocenters. The first kappa shape index (κ1) is 16.3. The van der Waals surface area contributed by atoms with Crippen molar-refractivity contribution in [3.8, 4) is 0 Å². The predicted octanol–water partition coefficient (Wildman–Crippen LogP) is 2.56. The molecule has 2 rings (SSSR count). The van der Waals surface area contributed by atoms with Gasteiger partial charge in [0.2, 0.25) is 0 Å². The Bertz CT molecular complexity index is 297. The van der Waals surface area contributed by atoms with Crippen molar-refractivity contribution in [2.75, 3.05) is 32.7 Å². The molecule has 2 heterocycles. The summed E-state index contributed by atoms with van der Waals surface area (Å²) in [6, 6.07) is 1.51. The van der Waals surface area contributed by atoms with E-state index in [1.54, 1.807) is 0 Å². The number of piperazine rings is 1. The topological polar surface area (TPSA) is 32.5 Å². The van der Waals surface area contributed by atoms with Crippen LogP contribution in [0.5, 0.6) is 0 Å². The maximum atomic E-state index is 6.04. The molecule has 3 atom stereocenters. The summed E-state index contributed by atoms with van der Waals surface area (Å²) in [4.78, 5) is 5.45. The van der Waals surface area contributed by atoms with E-state index in [9.17, 15) is 0 Å². The fraction of sp³-hybridized carbons (Fsp3) is 1.00. The molecule has 3 heteroatoms. The van der Waals surface area contributed by atoms with Gasteiger partial charge in [-0.1, -0.05) is 27.2 Å². The molecule has 0 bridgehead atoms. The number of rotatable bonds is 4. The van der Waals surface area contributed by atoms with Gasteiger partial charge in [0.25, 0.3) is 0 Å². The van der Waals surface area contributed by atoms with Crippen LogP contribution in [-0.4, -0.2) is 54.6 Å². The fourth-order valence-corrected chi connectivity index (χ4v) is 4.09. The normalized spacial score (nSPS) is 31.1. The average molecular weight is 281 g/mol. The number of nitrogens with zero attached hydrogens (tertiary/aromatic N) is 2. The lowest BCUT2D eigenvalue weighted by molar-refractivity contribution is 0.00546. The molecule has 2 saturated heterocycles. The third-order valence-electron chi connectivity index (χ3n) is 5.04. The van der Waals surface area contributed by atoms with Crippen molar-refractivity contribution in [2.45, 2.75) is 65.5 Å². The molecule has 2 aliphatic rings. The highest BCUT2D eigenvalue weighted by Gasteiger charge is 2.34. The van der Waals surface area contributed by atoms with Crippen LogP contribution < -0.4 is 5.73 Å². The van der Waals surface area contributed by atoms with Crippen LogP contribution in [0.2, 0.25) is 0 Å². The molecule has 20 heavy (non-hydrogen) atoms. The molecule has 0 aromatic rings. The summed E-state index contributed by atoms with van der Waals surface area (Å²) in [6.45, 7) is 15.3. The Morgan fingerprint density at radius 3 is 2.60 bits per heavy atom. The second-order valence-corrected chi connectivity index (χ2v) is 8.31. The number of hydrogen-bond donors (Lipinski definition) is 1. The Morgan fingerprint density at radius 1 is 1.20 bits per heavy atom. The first-order valence-corrected chi connectivity index (χ1v) is 8.57. The van der Waals surface area contributed by atoms with Gasteiger partial charge in [-0.05, 0) is 50.6 Å². The van der Waals surface area contributed by atoms with Gasteiger partial charge < -0.3 is 5.73 Å². The van der Waals surface area contributed by atoms with Crippen LogP contribution in [0.25, 0.3) is 0 Å². The molecular weight excluding hydrogens is 246 g/mol. The van der Waals surface area contributed by atoms with Gasteiger partial charge in [-0.25, -0.2) is 0 Å². The molecule has 0 aromatic heterocycles. The number of fused-ring (bicyclic) bond motifs is 1. The first-order valence-electron chi connectivity index (χ1n) is 8.57. The maximum Gasteiger partial charge on any atom is 0.0223 e. The van der Waals surface area contributed by atoms with Crippen LogP contribution in [0.3, 0.4) is 0 Å². The summed E-state index contributed by atoms with van der Waals surface area (Å²) in [5.74, 6) is 0.646. The van der Waals surface area contributed by atoms with E-state index in [1.807, 2.05) is 0 Å². The van der Waals surface area contributed by atoms with Gasteiger partial charge in [0.15, 0.2) is 0 Å². The Kier molecular flexibility index (Phi) is 5.49. The van der Waals surface area contributed by atoms with Crippen LogP contribution in [0.1, 0.15) is 53.4 Å². The van der Waals surface area contributed by atoms with Crippen molar-refractivity contribution in [3.05, 3.63) is 0 Å². The average Bonchev–Trinajstić information content (AvgIpc) is 2.37. The van der Waals surface area contributed by atoms with Crippen molar-refractivity contribution in [1.82, 2.24) is 9.80 Å². The second-order valence-electron chi connectivity index (χ2n) is 8.31. The third-order valence-corrected chi connectivity index (χ3v) is 5.04. The molecule has 0 aliphatic carbocycles. The van der Waals surface area contributed by atoms with Crippen molar-refractivity contribution in [3.63, 3.8) is 0 Å². The van der Waals surface area contributed by atoms with Crippen LogP contribution in [0.15, 0.2) is 0 Å². The third kappa shape index (κ3) is 4.44. The van der Waals surface area contributed by atoms with Crippen LogP contribution in [0.4, 0.5) is 0 Å².